The van der Waals surface area contributed by atoms with Crippen LogP contribution in [0.4, 0.5) is 5.69 Å². The summed E-state index contributed by atoms with van der Waals surface area (Å²) in [5.41, 5.74) is 6.58. The maximum absolute atomic E-state index is 10.8. The van der Waals surface area contributed by atoms with Crippen molar-refractivity contribution in [3.63, 3.8) is 0 Å². The molecule has 86 valence electrons. The van der Waals surface area contributed by atoms with E-state index < -0.39 is 0 Å². The SMILES string of the molecule is Nc1c(C=O)cc(Br)cc1Oc1ccccc1. The van der Waals surface area contributed by atoms with Gasteiger partial charge in [0.2, 0.25) is 0 Å². The zero-order chi connectivity index (χ0) is 12.3. The second kappa shape index (κ2) is 5.01. The second-order valence-electron chi connectivity index (χ2n) is 3.44. The van der Waals surface area contributed by atoms with Gasteiger partial charge in [-0.25, -0.2) is 0 Å². The number of nitrogens with two attached hydrogens (primary N) is 1. The number of benzene rings is 2. The van der Waals surface area contributed by atoms with E-state index in [2.05, 4.69) is 15.9 Å². The Bertz CT molecular complexity index is 541. The number of nitrogen functional groups attached to an aromatic ring is 1. The fourth-order valence-corrected chi connectivity index (χ4v) is 1.87. The monoisotopic (exact) mass is 291 g/mol. The summed E-state index contributed by atoms with van der Waals surface area (Å²) in [5.74, 6) is 1.14. The Morgan fingerprint density at radius 1 is 1.18 bits per heavy atom. The third-order valence-electron chi connectivity index (χ3n) is 2.24. The van der Waals surface area contributed by atoms with Crippen LogP contribution in [-0.4, -0.2) is 6.29 Å². The number of hydrogen-bond donors (Lipinski definition) is 1. The maximum atomic E-state index is 10.8. The first-order chi connectivity index (χ1) is 8.20. The quantitative estimate of drug-likeness (QED) is 0.694. The van der Waals surface area contributed by atoms with E-state index in [9.17, 15) is 4.79 Å². The van der Waals surface area contributed by atoms with E-state index in [1.807, 2.05) is 30.3 Å². The highest BCUT2D eigenvalue weighted by Crippen LogP contribution is 2.32. The molecule has 0 heterocycles. The minimum absolute atomic E-state index is 0.340. The number of anilines is 1. The maximum Gasteiger partial charge on any atom is 0.152 e. The van der Waals surface area contributed by atoms with Crippen molar-refractivity contribution in [1.29, 1.82) is 0 Å². The van der Waals surface area contributed by atoms with Crippen molar-refractivity contribution < 1.29 is 9.53 Å². The average molecular weight is 292 g/mol. The molecule has 3 nitrogen and oxygen atoms in total. The van der Waals surface area contributed by atoms with Crippen LogP contribution < -0.4 is 10.5 Å². The zero-order valence-corrected chi connectivity index (χ0v) is 10.5. The first kappa shape index (κ1) is 11.7. The molecule has 2 aromatic carbocycles. The van der Waals surface area contributed by atoms with E-state index in [0.717, 1.165) is 4.47 Å². The molecule has 0 aliphatic carbocycles. The Morgan fingerprint density at radius 2 is 1.88 bits per heavy atom. The number of aldehydes is 1. The summed E-state index contributed by atoms with van der Waals surface area (Å²) in [4.78, 5) is 10.8. The van der Waals surface area contributed by atoms with Crippen molar-refractivity contribution in [2.24, 2.45) is 0 Å². The highest BCUT2D eigenvalue weighted by molar-refractivity contribution is 9.10. The van der Waals surface area contributed by atoms with E-state index in [-0.39, 0.29) is 0 Å². The summed E-state index contributed by atoms with van der Waals surface area (Å²) in [6, 6.07) is 12.7. The topological polar surface area (TPSA) is 52.3 Å². The minimum Gasteiger partial charge on any atom is -0.455 e. The van der Waals surface area contributed by atoms with Gasteiger partial charge in [0.1, 0.15) is 5.75 Å². The summed E-state index contributed by atoms with van der Waals surface area (Å²) in [7, 11) is 0. The van der Waals surface area contributed by atoms with Crippen molar-refractivity contribution in [2.75, 3.05) is 5.73 Å². The van der Waals surface area contributed by atoms with Gasteiger partial charge in [-0.2, -0.15) is 0 Å². The Balaban J connectivity index is 2.39. The van der Waals surface area contributed by atoms with E-state index in [1.54, 1.807) is 12.1 Å². The summed E-state index contributed by atoms with van der Waals surface area (Å²) >= 11 is 3.31. The molecule has 0 saturated heterocycles. The number of carbonyl (C=O) groups is 1. The molecule has 0 bridgehead atoms. The Kier molecular flexibility index (Phi) is 3.44. The van der Waals surface area contributed by atoms with Crippen LogP contribution in [-0.2, 0) is 0 Å². The van der Waals surface area contributed by atoms with Gasteiger partial charge in [-0.1, -0.05) is 34.1 Å². The molecule has 4 heteroatoms. The van der Waals surface area contributed by atoms with Crippen LogP contribution in [0.15, 0.2) is 46.9 Å². The van der Waals surface area contributed by atoms with Crippen molar-refractivity contribution in [2.45, 2.75) is 0 Å². The second-order valence-corrected chi connectivity index (χ2v) is 4.36. The van der Waals surface area contributed by atoms with Gasteiger partial charge in [-0.05, 0) is 24.3 Å². The normalized spacial score (nSPS) is 9.94. The molecule has 0 unspecified atom stereocenters. The molecule has 0 saturated carbocycles. The molecule has 2 rings (SSSR count). The van der Waals surface area contributed by atoms with Crippen LogP contribution in [0.1, 0.15) is 10.4 Å². The van der Waals surface area contributed by atoms with E-state index >= 15 is 0 Å². The predicted octanol–water partition coefficient (Wildman–Crippen LogP) is 3.64. The van der Waals surface area contributed by atoms with Crippen molar-refractivity contribution in [3.05, 3.63) is 52.5 Å². The predicted molar refractivity (Wildman–Crippen MR) is 70.5 cm³/mol. The number of para-hydroxylation sites is 1. The highest BCUT2D eigenvalue weighted by atomic mass is 79.9. The van der Waals surface area contributed by atoms with Crippen molar-refractivity contribution >= 4 is 27.9 Å². The number of rotatable bonds is 3. The lowest BCUT2D eigenvalue weighted by Crippen LogP contribution is -1.97. The number of ether oxygens (including phenoxy) is 1. The van der Waals surface area contributed by atoms with Crippen LogP contribution in [0, 0.1) is 0 Å². The Hall–Kier alpha value is -1.81. The van der Waals surface area contributed by atoms with Gasteiger partial charge < -0.3 is 10.5 Å². The van der Waals surface area contributed by atoms with Crippen LogP contribution >= 0.6 is 15.9 Å². The fourth-order valence-electron chi connectivity index (χ4n) is 1.41. The molecule has 0 atom stereocenters. The molecular weight excluding hydrogens is 282 g/mol. The van der Waals surface area contributed by atoms with E-state index in [0.29, 0.717) is 29.0 Å². The fraction of sp³-hybridized carbons (Fsp3) is 0. The zero-order valence-electron chi connectivity index (χ0n) is 8.89. The molecule has 0 aromatic heterocycles. The summed E-state index contributed by atoms with van der Waals surface area (Å²) in [6.45, 7) is 0. The van der Waals surface area contributed by atoms with Crippen molar-refractivity contribution in [1.82, 2.24) is 0 Å². The number of halogens is 1. The van der Waals surface area contributed by atoms with Gasteiger partial charge in [0.05, 0.1) is 5.69 Å². The minimum atomic E-state index is 0.340. The number of carbonyl (C=O) groups excluding carboxylic acids is 1. The first-order valence-corrected chi connectivity index (χ1v) is 5.77. The number of hydrogen-bond acceptors (Lipinski definition) is 3. The highest BCUT2D eigenvalue weighted by Gasteiger charge is 2.08. The Morgan fingerprint density at radius 3 is 2.53 bits per heavy atom. The lowest BCUT2D eigenvalue weighted by molar-refractivity contribution is 0.112. The summed E-state index contributed by atoms with van der Waals surface area (Å²) in [6.07, 6.45) is 0.706. The van der Waals surface area contributed by atoms with Crippen LogP contribution in [0.25, 0.3) is 0 Å². The third kappa shape index (κ3) is 2.65. The van der Waals surface area contributed by atoms with Gasteiger partial charge in [0.25, 0.3) is 0 Å². The molecule has 0 fully saturated rings. The lowest BCUT2D eigenvalue weighted by atomic mass is 10.2. The standard InChI is InChI=1S/C13H10BrNO2/c14-10-6-9(8-16)13(15)12(7-10)17-11-4-2-1-3-5-11/h1-8H,15H2. The third-order valence-corrected chi connectivity index (χ3v) is 2.69. The van der Waals surface area contributed by atoms with Crippen LogP contribution in [0.5, 0.6) is 11.5 Å². The lowest BCUT2D eigenvalue weighted by Gasteiger charge is -2.10. The molecule has 0 radical (unpaired) electrons. The van der Waals surface area contributed by atoms with E-state index in [1.165, 1.54) is 0 Å². The smallest absolute Gasteiger partial charge is 0.152 e. The van der Waals surface area contributed by atoms with Gasteiger partial charge in [-0.3, -0.25) is 4.79 Å². The van der Waals surface area contributed by atoms with Crippen LogP contribution in [0.3, 0.4) is 0 Å². The van der Waals surface area contributed by atoms with Gasteiger partial charge >= 0.3 is 0 Å². The van der Waals surface area contributed by atoms with Gasteiger partial charge in [0, 0.05) is 10.0 Å². The molecule has 2 aromatic rings. The molecule has 17 heavy (non-hydrogen) atoms. The molecular formula is C13H10BrNO2. The Labute approximate surface area is 107 Å². The summed E-state index contributed by atoms with van der Waals surface area (Å²) in [5, 5.41) is 0. The van der Waals surface area contributed by atoms with Crippen molar-refractivity contribution in [3.8, 4) is 11.5 Å². The first-order valence-electron chi connectivity index (χ1n) is 4.98. The average Bonchev–Trinajstić information content (AvgIpc) is 2.34. The van der Waals surface area contributed by atoms with Crippen LogP contribution in [0.2, 0.25) is 0 Å². The molecule has 0 spiro atoms. The molecule has 0 aliphatic heterocycles. The van der Waals surface area contributed by atoms with Gasteiger partial charge in [-0.15, -0.1) is 0 Å². The summed E-state index contributed by atoms with van der Waals surface area (Å²) < 4.78 is 6.37. The molecule has 0 aliphatic rings. The van der Waals surface area contributed by atoms with E-state index in [4.69, 9.17) is 10.5 Å². The molecule has 2 N–H and O–H groups in total. The largest absolute Gasteiger partial charge is 0.455 e. The molecule has 0 amide bonds. The van der Waals surface area contributed by atoms with Gasteiger partial charge in [0.15, 0.2) is 12.0 Å².